The summed E-state index contributed by atoms with van der Waals surface area (Å²) in [6.07, 6.45) is 2.17. The first-order chi connectivity index (χ1) is 14.1. The van der Waals surface area contributed by atoms with Crippen LogP contribution in [0.1, 0.15) is 17.1 Å². The summed E-state index contributed by atoms with van der Waals surface area (Å²) in [6.45, 7) is 0. The van der Waals surface area contributed by atoms with Gasteiger partial charge in [0.2, 0.25) is 5.89 Å². The Morgan fingerprint density at radius 3 is 2.72 bits per heavy atom. The molecule has 3 heterocycles. The molecular weight excluding hydrogens is 406 g/mol. The molecule has 5 rings (SSSR count). The van der Waals surface area contributed by atoms with Crippen molar-refractivity contribution in [3.05, 3.63) is 76.0 Å². The summed E-state index contributed by atoms with van der Waals surface area (Å²) in [5.41, 5.74) is 4.14. The predicted octanol–water partition coefficient (Wildman–Crippen LogP) is 4.87. The maximum Gasteiger partial charge on any atom is 0.290 e. The van der Waals surface area contributed by atoms with Crippen molar-refractivity contribution in [1.82, 2.24) is 15.3 Å². The summed E-state index contributed by atoms with van der Waals surface area (Å²) in [7, 11) is 0. The van der Waals surface area contributed by atoms with Crippen LogP contribution in [0.5, 0.6) is 0 Å². The minimum atomic E-state index is -0.376. The molecule has 0 spiro atoms. The number of benzene rings is 2. The van der Waals surface area contributed by atoms with E-state index in [9.17, 15) is 9.59 Å². The van der Waals surface area contributed by atoms with Crippen LogP contribution in [0.25, 0.3) is 27.7 Å². The fourth-order valence-electron chi connectivity index (χ4n) is 2.99. The van der Waals surface area contributed by atoms with Gasteiger partial charge in [-0.2, -0.15) is 0 Å². The zero-order valence-electron chi connectivity index (χ0n) is 14.9. The molecule has 142 valence electrons. The minimum Gasteiger partial charge on any atom is -0.440 e. The maximum atomic E-state index is 11.7. The van der Waals surface area contributed by atoms with Gasteiger partial charge in [-0.1, -0.05) is 36.4 Å². The largest absolute Gasteiger partial charge is 0.440 e. The van der Waals surface area contributed by atoms with Crippen LogP contribution in [0, 0.1) is 0 Å². The monoisotopic (exact) mass is 419 g/mol. The van der Waals surface area contributed by atoms with Crippen LogP contribution in [0.3, 0.4) is 0 Å². The number of nitrogens with one attached hydrogen (secondary N) is 1. The highest BCUT2D eigenvalue weighted by Crippen LogP contribution is 2.28. The van der Waals surface area contributed by atoms with Crippen LogP contribution in [-0.2, 0) is 11.2 Å². The molecule has 1 aliphatic heterocycles. The van der Waals surface area contributed by atoms with E-state index in [1.165, 1.54) is 0 Å². The molecule has 0 unspecified atom stereocenters. The number of amides is 2. The first kappa shape index (κ1) is 17.8. The lowest BCUT2D eigenvalue weighted by atomic mass is 10.2. The molecule has 0 atom stereocenters. The van der Waals surface area contributed by atoms with Gasteiger partial charge in [-0.15, -0.1) is 11.3 Å². The lowest BCUT2D eigenvalue weighted by Crippen LogP contribution is -2.17. The number of hydrogen-bond acceptors (Lipinski definition) is 7. The smallest absolute Gasteiger partial charge is 0.290 e. The van der Waals surface area contributed by atoms with E-state index in [1.54, 1.807) is 17.4 Å². The molecule has 0 radical (unpaired) electrons. The number of hydrogen-bond donors (Lipinski definition) is 1. The molecule has 1 aliphatic rings. The molecule has 4 aromatic rings. The summed E-state index contributed by atoms with van der Waals surface area (Å²) in [5, 5.41) is 4.87. The van der Waals surface area contributed by atoms with Crippen molar-refractivity contribution in [2.45, 2.75) is 6.42 Å². The minimum absolute atomic E-state index is 0.357. The number of carbonyl (C=O) groups excluding carboxylic acids is 2. The first-order valence-corrected chi connectivity index (χ1v) is 10.5. The quantitative estimate of drug-likeness (QED) is 0.475. The first-order valence-electron chi connectivity index (χ1n) is 8.78. The van der Waals surface area contributed by atoms with E-state index in [-0.39, 0.29) is 11.1 Å². The van der Waals surface area contributed by atoms with Gasteiger partial charge in [0.05, 0.1) is 17.0 Å². The van der Waals surface area contributed by atoms with E-state index in [1.807, 2.05) is 53.9 Å². The Morgan fingerprint density at radius 2 is 1.93 bits per heavy atom. The summed E-state index contributed by atoms with van der Waals surface area (Å²) >= 11 is 2.49. The van der Waals surface area contributed by atoms with Crippen molar-refractivity contribution in [3.63, 3.8) is 0 Å². The molecule has 0 bridgehead atoms. The highest BCUT2D eigenvalue weighted by molar-refractivity contribution is 8.18. The van der Waals surface area contributed by atoms with Crippen LogP contribution >= 0.6 is 23.1 Å². The van der Waals surface area contributed by atoms with Gasteiger partial charge in [0.15, 0.2) is 5.58 Å². The molecule has 0 saturated carbocycles. The SMILES string of the molecule is O=C1NC(=O)/C(=C/c2ccc3oc(Cc4csc(-c5ccccc5)n4)nc3c2)S1. The maximum absolute atomic E-state index is 11.7. The van der Waals surface area contributed by atoms with Gasteiger partial charge in [0.25, 0.3) is 11.1 Å². The van der Waals surface area contributed by atoms with Crippen molar-refractivity contribution in [3.8, 4) is 10.6 Å². The number of carbonyl (C=O) groups is 2. The van der Waals surface area contributed by atoms with Crippen molar-refractivity contribution in [2.24, 2.45) is 0 Å². The van der Waals surface area contributed by atoms with Gasteiger partial charge in [0.1, 0.15) is 10.5 Å². The van der Waals surface area contributed by atoms with Crippen LogP contribution in [-0.4, -0.2) is 21.1 Å². The van der Waals surface area contributed by atoms with E-state index in [4.69, 9.17) is 4.42 Å². The van der Waals surface area contributed by atoms with E-state index >= 15 is 0 Å². The van der Waals surface area contributed by atoms with Crippen LogP contribution < -0.4 is 5.32 Å². The number of oxazole rings is 1. The molecule has 6 nitrogen and oxygen atoms in total. The van der Waals surface area contributed by atoms with Gasteiger partial charge in [0, 0.05) is 10.9 Å². The Kier molecular flexibility index (Phi) is 4.49. The number of aromatic nitrogens is 2. The zero-order chi connectivity index (χ0) is 19.8. The summed E-state index contributed by atoms with van der Waals surface area (Å²) in [5.74, 6) is 0.205. The highest BCUT2D eigenvalue weighted by atomic mass is 32.2. The third-order valence-corrected chi connectivity index (χ3v) is 6.05. The van der Waals surface area contributed by atoms with Gasteiger partial charge in [-0.3, -0.25) is 14.9 Å². The van der Waals surface area contributed by atoms with Gasteiger partial charge in [-0.05, 0) is 35.5 Å². The lowest BCUT2D eigenvalue weighted by molar-refractivity contribution is -0.115. The number of thioether (sulfide) groups is 1. The molecule has 2 amide bonds. The van der Waals surface area contributed by atoms with Crippen molar-refractivity contribution < 1.29 is 14.0 Å². The van der Waals surface area contributed by atoms with E-state index in [0.717, 1.165) is 33.6 Å². The normalized spacial score (nSPS) is 15.4. The number of rotatable bonds is 4. The average Bonchev–Trinajstić information content (AvgIpc) is 3.41. The number of thiazole rings is 1. The Bertz CT molecular complexity index is 1270. The number of fused-ring (bicyclic) bond motifs is 1. The van der Waals surface area contributed by atoms with Gasteiger partial charge < -0.3 is 4.42 Å². The lowest BCUT2D eigenvalue weighted by Gasteiger charge is -1.94. The standard InChI is InChI=1S/C21H13N3O3S2/c25-19-17(29-21(26)24-19)9-12-6-7-16-15(8-12)23-18(27-16)10-14-11-28-20(22-14)13-4-2-1-3-5-13/h1-9,11H,10H2,(H,24,25,26)/b17-9-. The highest BCUT2D eigenvalue weighted by Gasteiger charge is 2.25. The third-order valence-electron chi connectivity index (χ3n) is 4.30. The molecule has 29 heavy (non-hydrogen) atoms. The van der Waals surface area contributed by atoms with Crippen LogP contribution in [0.15, 0.2) is 63.2 Å². The second-order valence-corrected chi connectivity index (χ2v) is 8.25. The van der Waals surface area contributed by atoms with Crippen LogP contribution in [0.4, 0.5) is 4.79 Å². The Balaban J connectivity index is 1.38. The molecule has 1 N–H and O–H groups in total. The summed E-state index contributed by atoms with van der Waals surface area (Å²) in [6, 6.07) is 15.5. The topological polar surface area (TPSA) is 85.1 Å². The molecule has 2 aromatic carbocycles. The molecule has 2 aromatic heterocycles. The molecule has 1 saturated heterocycles. The Morgan fingerprint density at radius 1 is 1.07 bits per heavy atom. The second-order valence-electron chi connectivity index (χ2n) is 6.37. The molecule has 1 fully saturated rings. The average molecular weight is 419 g/mol. The summed E-state index contributed by atoms with van der Waals surface area (Å²) < 4.78 is 5.84. The number of nitrogens with zero attached hydrogens (tertiary/aromatic N) is 2. The zero-order valence-corrected chi connectivity index (χ0v) is 16.5. The van der Waals surface area contributed by atoms with E-state index < -0.39 is 0 Å². The molecule has 0 aliphatic carbocycles. The fourth-order valence-corrected chi connectivity index (χ4v) is 4.49. The van der Waals surface area contributed by atoms with Crippen molar-refractivity contribution in [2.75, 3.05) is 0 Å². The predicted molar refractivity (Wildman–Crippen MR) is 113 cm³/mol. The van der Waals surface area contributed by atoms with Gasteiger partial charge in [-0.25, -0.2) is 9.97 Å². The third kappa shape index (κ3) is 3.72. The van der Waals surface area contributed by atoms with Crippen LogP contribution in [0.2, 0.25) is 0 Å². The van der Waals surface area contributed by atoms with E-state index in [2.05, 4.69) is 15.3 Å². The molecule has 8 heteroatoms. The second kappa shape index (κ2) is 7.31. The van der Waals surface area contributed by atoms with Gasteiger partial charge >= 0.3 is 0 Å². The fraction of sp³-hybridized carbons (Fsp3) is 0.0476. The van der Waals surface area contributed by atoms with Crippen molar-refractivity contribution >= 4 is 51.4 Å². The molecular formula is C21H13N3O3S2. The van der Waals surface area contributed by atoms with E-state index in [0.29, 0.717) is 28.3 Å². The Labute approximate surface area is 173 Å². The Hall–Kier alpha value is -3.23. The van der Waals surface area contributed by atoms with Crippen molar-refractivity contribution in [1.29, 1.82) is 0 Å². The number of imide groups is 1. The summed E-state index contributed by atoms with van der Waals surface area (Å²) in [4.78, 5) is 32.6.